The molecule has 0 atom stereocenters. The maximum absolute atomic E-state index is 11.8. The number of rotatable bonds is 3. The number of Topliss-reactive ketones (excluding diaryl/α,β-unsaturated/α-hetero) is 1. The van der Waals surface area contributed by atoms with Gasteiger partial charge in [0, 0.05) is 11.6 Å². The van der Waals surface area contributed by atoms with E-state index < -0.39 is 11.7 Å². The minimum absolute atomic E-state index is 0.224. The van der Waals surface area contributed by atoms with Crippen molar-refractivity contribution in [2.45, 2.75) is 32.7 Å². The topological polar surface area (TPSA) is 46.2 Å². The third kappa shape index (κ3) is 2.30. The molecule has 16 heavy (non-hydrogen) atoms. The third-order valence-corrected chi connectivity index (χ3v) is 2.75. The molecule has 1 aliphatic rings. The van der Waals surface area contributed by atoms with Crippen molar-refractivity contribution in [1.29, 1.82) is 0 Å². The Kier molecular flexibility index (Phi) is 2.77. The smallest absolute Gasteiger partial charge is 0.292 e. The van der Waals surface area contributed by atoms with E-state index >= 15 is 0 Å². The monoisotopic (exact) mass is 217 g/mol. The molecule has 0 saturated heterocycles. The summed E-state index contributed by atoms with van der Waals surface area (Å²) in [5.74, 6) is -0.904. The lowest BCUT2D eigenvalue weighted by molar-refractivity contribution is -0.117. The van der Waals surface area contributed by atoms with Gasteiger partial charge in [-0.3, -0.25) is 9.59 Å². The highest BCUT2D eigenvalue weighted by atomic mass is 16.2. The summed E-state index contributed by atoms with van der Waals surface area (Å²) in [6.45, 7) is 3.82. The first-order chi connectivity index (χ1) is 7.58. The molecule has 84 valence electrons. The van der Waals surface area contributed by atoms with Crippen molar-refractivity contribution < 1.29 is 9.59 Å². The van der Waals surface area contributed by atoms with Gasteiger partial charge in [0.05, 0.1) is 0 Å². The fourth-order valence-corrected chi connectivity index (χ4v) is 1.67. The van der Waals surface area contributed by atoms with E-state index in [0.29, 0.717) is 5.56 Å². The van der Waals surface area contributed by atoms with Gasteiger partial charge in [0.25, 0.3) is 5.91 Å². The van der Waals surface area contributed by atoms with Gasteiger partial charge in [0.2, 0.25) is 5.78 Å². The van der Waals surface area contributed by atoms with Crippen molar-refractivity contribution in [3.63, 3.8) is 0 Å². The van der Waals surface area contributed by atoms with E-state index in [4.69, 9.17) is 0 Å². The number of amides is 1. The van der Waals surface area contributed by atoms with Gasteiger partial charge in [-0.15, -0.1) is 0 Å². The van der Waals surface area contributed by atoms with Crippen molar-refractivity contribution in [3.05, 3.63) is 34.9 Å². The molecule has 1 N–H and O–H groups in total. The van der Waals surface area contributed by atoms with Gasteiger partial charge < -0.3 is 5.32 Å². The van der Waals surface area contributed by atoms with E-state index in [1.54, 1.807) is 6.07 Å². The molecule has 2 rings (SSSR count). The Morgan fingerprint density at radius 3 is 2.50 bits per heavy atom. The quantitative estimate of drug-likeness (QED) is 0.619. The zero-order valence-electron chi connectivity index (χ0n) is 9.54. The highest BCUT2D eigenvalue weighted by Gasteiger charge is 2.27. The minimum atomic E-state index is -0.477. The predicted molar refractivity (Wildman–Crippen MR) is 61.4 cm³/mol. The van der Waals surface area contributed by atoms with Gasteiger partial charge in [-0.25, -0.2) is 0 Å². The molecule has 1 amide bonds. The van der Waals surface area contributed by atoms with E-state index in [1.807, 2.05) is 26.0 Å². The lowest BCUT2D eigenvalue weighted by atomic mass is 10.0. The van der Waals surface area contributed by atoms with Crippen molar-refractivity contribution in [1.82, 2.24) is 5.32 Å². The van der Waals surface area contributed by atoms with Crippen LogP contribution in [0.25, 0.3) is 0 Å². The van der Waals surface area contributed by atoms with Crippen LogP contribution in [0.2, 0.25) is 0 Å². The molecule has 3 heteroatoms. The Morgan fingerprint density at radius 2 is 1.94 bits per heavy atom. The average Bonchev–Trinajstić information content (AvgIpc) is 3.00. The number of hydrogen-bond acceptors (Lipinski definition) is 2. The first-order valence-corrected chi connectivity index (χ1v) is 5.50. The fraction of sp³-hybridized carbons (Fsp3) is 0.385. The number of benzene rings is 1. The molecule has 1 aromatic rings. The first-order valence-electron chi connectivity index (χ1n) is 5.50. The maximum atomic E-state index is 11.8. The lowest BCUT2D eigenvalue weighted by Gasteiger charge is -2.06. The summed E-state index contributed by atoms with van der Waals surface area (Å²) in [6, 6.07) is 5.71. The van der Waals surface area contributed by atoms with Crippen LogP contribution in [-0.4, -0.2) is 17.7 Å². The van der Waals surface area contributed by atoms with E-state index in [1.165, 1.54) is 0 Å². The Bertz CT molecular complexity index is 447. The lowest BCUT2D eigenvalue weighted by Crippen LogP contribution is -2.33. The molecule has 0 aliphatic heterocycles. The molecule has 1 aliphatic carbocycles. The van der Waals surface area contributed by atoms with Gasteiger partial charge in [-0.05, 0) is 32.3 Å². The summed E-state index contributed by atoms with van der Waals surface area (Å²) in [4.78, 5) is 23.4. The number of nitrogens with one attached hydrogen (secondary N) is 1. The second-order valence-electron chi connectivity index (χ2n) is 4.40. The number of carbonyl (C=O) groups excluding carboxylic acids is 2. The van der Waals surface area contributed by atoms with Crippen molar-refractivity contribution >= 4 is 11.7 Å². The molecule has 3 nitrogen and oxygen atoms in total. The molecule has 0 radical (unpaired) electrons. The van der Waals surface area contributed by atoms with Crippen LogP contribution in [-0.2, 0) is 4.79 Å². The molecule has 1 saturated carbocycles. The van der Waals surface area contributed by atoms with Crippen LogP contribution in [0, 0.1) is 13.8 Å². The van der Waals surface area contributed by atoms with E-state index in [0.717, 1.165) is 24.0 Å². The standard InChI is InChI=1S/C13H15NO2/c1-8-3-6-11(9(2)7-8)12(15)13(16)14-10-4-5-10/h3,6-7,10H,4-5H2,1-2H3,(H,14,16). The van der Waals surface area contributed by atoms with E-state index in [9.17, 15) is 9.59 Å². The zero-order valence-corrected chi connectivity index (χ0v) is 9.54. The summed E-state index contributed by atoms with van der Waals surface area (Å²) in [5, 5.41) is 2.71. The summed E-state index contributed by atoms with van der Waals surface area (Å²) >= 11 is 0. The van der Waals surface area contributed by atoms with Crippen LogP contribution >= 0.6 is 0 Å². The Hall–Kier alpha value is -1.64. The number of ketones is 1. The third-order valence-electron chi connectivity index (χ3n) is 2.75. The number of hydrogen-bond donors (Lipinski definition) is 1. The summed E-state index contributed by atoms with van der Waals surface area (Å²) in [7, 11) is 0. The van der Waals surface area contributed by atoms with Crippen molar-refractivity contribution in [2.75, 3.05) is 0 Å². The maximum Gasteiger partial charge on any atom is 0.292 e. The number of aryl methyl sites for hydroxylation is 2. The second-order valence-corrected chi connectivity index (χ2v) is 4.40. The fourth-order valence-electron chi connectivity index (χ4n) is 1.67. The van der Waals surface area contributed by atoms with E-state index in [-0.39, 0.29) is 6.04 Å². The van der Waals surface area contributed by atoms with Crippen LogP contribution in [0.4, 0.5) is 0 Å². The molecule has 0 aromatic heterocycles. The molecular formula is C13H15NO2. The Labute approximate surface area is 94.9 Å². The molecule has 0 bridgehead atoms. The largest absolute Gasteiger partial charge is 0.346 e. The molecule has 1 aromatic carbocycles. The molecule has 1 fully saturated rings. The summed E-state index contributed by atoms with van der Waals surface area (Å²) in [6.07, 6.45) is 1.98. The Balaban J connectivity index is 2.15. The van der Waals surface area contributed by atoms with Gasteiger partial charge in [0.15, 0.2) is 0 Å². The average molecular weight is 217 g/mol. The van der Waals surface area contributed by atoms with E-state index in [2.05, 4.69) is 5.32 Å². The van der Waals surface area contributed by atoms with Crippen molar-refractivity contribution in [2.24, 2.45) is 0 Å². The van der Waals surface area contributed by atoms with Crippen LogP contribution in [0.15, 0.2) is 18.2 Å². The molecular weight excluding hydrogens is 202 g/mol. The molecule has 0 spiro atoms. The number of carbonyl (C=O) groups is 2. The zero-order chi connectivity index (χ0) is 11.7. The van der Waals surface area contributed by atoms with Crippen LogP contribution in [0.1, 0.15) is 34.3 Å². The minimum Gasteiger partial charge on any atom is -0.346 e. The molecule has 0 heterocycles. The van der Waals surface area contributed by atoms with Crippen LogP contribution in [0.3, 0.4) is 0 Å². The highest BCUT2D eigenvalue weighted by Crippen LogP contribution is 2.19. The molecule has 0 unspecified atom stereocenters. The normalized spacial score (nSPS) is 14.6. The van der Waals surface area contributed by atoms with Gasteiger partial charge in [-0.2, -0.15) is 0 Å². The first kappa shape index (κ1) is 10.9. The second kappa shape index (κ2) is 4.08. The predicted octanol–water partition coefficient (Wildman–Crippen LogP) is 1.76. The highest BCUT2D eigenvalue weighted by molar-refractivity contribution is 6.43. The van der Waals surface area contributed by atoms with Crippen molar-refractivity contribution in [3.8, 4) is 0 Å². The Morgan fingerprint density at radius 1 is 1.25 bits per heavy atom. The summed E-state index contributed by atoms with van der Waals surface area (Å²) < 4.78 is 0. The SMILES string of the molecule is Cc1ccc(C(=O)C(=O)NC2CC2)c(C)c1. The van der Waals surface area contributed by atoms with Gasteiger partial charge in [0.1, 0.15) is 0 Å². The van der Waals surface area contributed by atoms with Crippen LogP contribution < -0.4 is 5.32 Å². The summed E-state index contributed by atoms with van der Waals surface area (Å²) in [5.41, 5.74) is 2.45. The van der Waals surface area contributed by atoms with Gasteiger partial charge >= 0.3 is 0 Å². The van der Waals surface area contributed by atoms with Crippen LogP contribution in [0.5, 0.6) is 0 Å². The van der Waals surface area contributed by atoms with Gasteiger partial charge in [-0.1, -0.05) is 23.8 Å².